The van der Waals surface area contributed by atoms with Gasteiger partial charge in [-0.3, -0.25) is 9.59 Å². The van der Waals surface area contributed by atoms with Crippen molar-refractivity contribution in [2.75, 3.05) is 0 Å². The minimum Gasteiger partial charge on any atom is -0.462 e. The highest BCUT2D eigenvalue weighted by Gasteiger charge is 2.38. The van der Waals surface area contributed by atoms with E-state index in [9.17, 15) is 9.59 Å². The molecule has 0 aromatic carbocycles. The predicted octanol–water partition coefficient (Wildman–Crippen LogP) is 3.01. The number of hydrogen-bond donors (Lipinski definition) is 0. The summed E-state index contributed by atoms with van der Waals surface area (Å²) in [5.41, 5.74) is 0. The van der Waals surface area contributed by atoms with Crippen LogP contribution in [0.15, 0.2) is 0 Å². The molecule has 0 radical (unpaired) electrons. The van der Waals surface area contributed by atoms with Crippen molar-refractivity contribution in [3.63, 3.8) is 0 Å². The van der Waals surface area contributed by atoms with Crippen LogP contribution in [0.25, 0.3) is 0 Å². The fourth-order valence-corrected chi connectivity index (χ4v) is 4.30. The lowest BCUT2D eigenvalue weighted by atomic mass is 10.00. The number of cyclic esters (lactones) is 2. The molecule has 6 nitrogen and oxygen atoms in total. The van der Waals surface area contributed by atoms with E-state index < -0.39 is 0 Å². The normalized spacial score (nSPS) is 45.2. The van der Waals surface area contributed by atoms with Gasteiger partial charge < -0.3 is 18.9 Å². The second-order valence-electron chi connectivity index (χ2n) is 8.29. The molecule has 0 aromatic heterocycles. The van der Waals surface area contributed by atoms with Gasteiger partial charge in [-0.05, 0) is 53.4 Å². The summed E-state index contributed by atoms with van der Waals surface area (Å²) in [6, 6.07) is 0. The van der Waals surface area contributed by atoms with Gasteiger partial charge >= 0.3 is 11.9 Å². The molecule has 148 valence electrons. The standard InChI is InChI=1S/C20H32O6/c1-11-9-15-5-7-18(25-15)14(4)20(22)24-12(2)10-16-6-8-17(26-16)13(3)19(21)23-11/h11-18H,5-10H2,1-4H3. The highest BCUT2D eigenvalue weighted by molar-refractivity contribution is 5.73. The number of rotatable bonds is 0. The lowest BCUT2D eigenvalue weighted by Crippen LogP contribution is -2.34. The fraction of sp³-hybridized carbons (Fsp3) is 0.900. The maximum absolute atomic E-state index is 12.5. The summed E-state index contributed by atoms with van der Waals surface area (Å²) >= 11 is 0. The van der Waals surface area contributed by atoms with Crippen molar-refractivity contribution < 1.29 is 28.5 Å². The first-order chi connectivity index (χ1) is 12.3. The Morgan fingerprint density at radius 3 is 1.42 bits per heavy atom. The quantitative estimate of drug-likeness (QED) is 0.612. The van der Waals surface area contributed by atoms with Crippen LogP contribution in [0, 0.1) is 11.8 Å². The Morgan fingerprint density at radius 2 is 1.04 bits per heavy atom. The monoisotopic (exact) mass is 368 g/mol. The Labute approximate surface area is 155 Å². The molecule has 0 amide bonds. The minimum atomic E-state index is -0.287. The van der Waals surface area contributed by atoms with E-state index in [1.54, 1.807) is 0 Å². The molecule has 0 saturated carbocycles. The molecule has 26 heavy (non-hydrogen) atoms. The summed E-state index contributed by atoms with van der Waals surface area (Å²) in [5, 5.41) is 0. The molecule has 3 aliphatic rings. The molecule has 3 aliphatic heterocycles. The zero-order valence-corrected chi connectivity index (χ0v) is 16.3. The Morgan fingerprint density at radius 1 is 0.654 bits per heavy atom. The zero-order valence-electron chi connectivity index (χ0n) is 16.3. The first-order valence-corrected chi connectivity index (χ1v) is 10.1. The average molecular weight is 368 g/mol. The van der Waals surface area contributed by atoms with Crippen molar-refractivity contribution in [3.8, 4) is 0 Å². The summed E-state index contributed by atoms with van der Waals surface area (Å²) in [7, 11) is 0. The summed E-state index contributed by atoms with van der Waals surface area (Å²) in [6.07, 6.45) is 4.11. The summed E-state index contributed by atoms with van der Waals surface area (Å²) in [6.45, 7) is 7.56. The highest BCUT2D eigenvalue weighted by Crippen LogP contribution is 2.32. The maximum Gasteiger partial charge on any atom is 0.311 e. The smallest absolute Gasteiger partial charge is 0.311 e. The third-order valence-electron chi connectivity index (χ3n) is 5.96. The van der Waals surface area contributed by atoms with Gasteiger partial charge in [-0.2, -0.15) is 0 Å². The number of carbonyl (C=O) groups is 2. The third-order valence-corrected chi connectivity index (χ3v) is 5.96. The Hall–Kier alpha value is -1.14. The molecule has 8 unspecified atom stereocenters. The lowest BCUT2D eigenvalue weighted by molar-refractivity contribution is -0.163. The van der Waals surface area contributed by atoms with E-state index in [2.05, 4.69) is 0 Å². The van der Waals surface area contributed by atoms with E-state index in [-0.39, 0.29) is 60.4 Å². The molecule has 0 N–H and O–H groups in total. The highest BCUT2D eigenvalue weighted by atomic mass is 16.6. The van der Waals surface area contributed by atoms with E-state index in [1.165, 1.54) is 0 Å². The van der Waals surface area contributed by atoms with Crippen LogP contribution in [-0.4, -0.2) is 48.6 Å². The predicted molar refractivity (Wildman–Crippen MR) is 94.5 cm³/mol. The van der Waals surface area contributed by atoms with Crippen molar-refractivity contribution in [2.24, 2.45) is 11.8 Å². The molecule has 4 bridgehead atoms. The molecular weight excluding hydrogens is 336 g/mol. The number of ether oxygens (including phenoxy) is 4. The second-order valence-corrected chi connectivity index (χ2v) is 8.29. The first kappa shape index (κ1) is 19.6. The van der Waals surface area contributed by atoms with Crippen LogP contribution >= 0.6 is 0 Å². The largest absolute Gasteiger partial charge is 0.462 e. The van der Waals surface area contributed by atoms with Crippen LogP contribution in [0.4, 0.5) is 0 Å². The molecule has 3 saturated heterocycles. The van der Waals surface area contributed by atoms with Gasteiger partial charge in [0, 0.05) is 12.8 Å². The molecule has 0 aromatic rings. The van der Waals surface area contributed by atoms with Gasteiger partial charge in [-0.25, -0.2) is 0 Å². The van der Waals surface area contributed by atoms with Gasteiger partial charge in [-0.15, -0.1) is 0 Å². The third kappa shape index (κ3) is 4.58. The lowest BCUT2D eigenvalue weighted by Gasteiger charge is -2.26. The topological polar surface area (TPSA) is 71.1 Å². The minimum absolute atomic E-state index is 0.0193. The zero-order chi connectivity index (χ0) is 18.8. The molecular formula is C20H32O6. The van der Waals surface area contributed by atoms with Gasteiger partial charge in [0.05, 0.1) is 36.3 Å². The van der Waals surface area contributed by atoms with Crippen molar-refractivity contribution in [2.45, 2.75) is 103 Å². The van der Waals surface area contributed by atoms with Crippen molar-refractivity contribution >= 4 is 11.9 Å². The summed E-state index contributed by atoms with van der Waals surface area (Å²) < 4.78 is 23.4. The number of fused-ring (bicyclic) bond motifs is 4. The van der Waals surface area contributed by atoms with Crippen LogP contribution in [0.2, 0.25) is 0 Å². The van der Waals surface area contributed by atoms with Crippen molar-refractivity contribution in [1.82, 2.24) is 0 Å². The van der Waals surface area contributed by atoms with Gasteiger partial charge in [0.1, 0.15) is 12.2 Å². The van der Waals surface area contributed by atoms with E-state index >= 15 is 0 Å². The van der Waals surface area contributed by atoms with Gasteiger partial charge in [0.25, 0.3) is 0 Å². The molecule has 0 spiro atoms. The molecule has 8 atom stereocenters. The Bertz CT molecular complexity index is 474. The van der Waals surface area contributed by atoms with Crippen molar-refractivity contribution in [3.05, 3.63) is 0 Å². The van der Waals surface area contributed by atoms with E-state index in [4.69, 9.17) is 18.9 Å². The molecule has 3 fully saturated rings. The number of carbonyl (C=O) groups excluding carboxylic acids is 2. The molecule has 0 aliphatic carbocycles. The second kappa shape index (κ2) is 8.26. The molecule has 3 rings (SSSR count). The first-order valence-electron chi connectivity index (χ1n) is 10.1. The van der Waals surface area contributed by atoms with Gasteiger partial charge in [0.15, 0.2) is 0 Å². The van der Waals surface area contributed by atoms with Gasteiger partial charge in [0.2, 0.25) is 0 Å². The molecule has 6 heteroatoms. The van der Waals surface area contributed by atoms with Crippen LogP contribution in [-0.2, 0) is 28.5 Å². The van der Waals surface area contributed by atoms with E-state index in [0.29, 0.717) is 12.8 Å². The maximum atomic E-state index is 12.5. The van der Waals surface area contributed by atoms with Crippen LogP contribution in [0.5, 0.6) is 0 Å². The summed E-state index contributed by atoms with van der Waals surface area (Å²) in [4.78, 5) is 24.9. The Balaban J connectivity index is 1.71. The van der Waals surface area contributed by atoms with E-state index in [0.717, 1.165) is 25.7 Å². The SMILES string of the molecule is CC1CC2CCC(O2)C(C)C(=O)OC(C)CC2CCC(O2)C(C)C(=O)O1. The van der Waals surface area contributed by atoms with Crippen molar-refractivity contribution in [1.29, 1.82) is 0 Å². The summed E-state index contributed by atoms with van der Waals surface area (Å²) in [5.74, 6) is -0.966. The number of hydrogen-bond acceptors (Lipinski definition) is 6. The molecule has 3 heterocycles. The van der Waals surface area contributed by atoms with Crippen LogP contribution in [0.3, 0.4) is 0 Å². The average Bonchev–Trinajstić information content (AvgIpc) is 3.21. The Kier molecular flexibility index (Phi) is 6.23. The van der Waals surface area contributed by atoms with Gasteiger partial charge in [-0.1, -0.05) is 0 Å². The van der Waals surface area contributed by atoms with Crippen LogP contribution in [0.1, 0.15) is 66.2 Å². The van der Waals surface area contributed by atoms with Crippen LogP contribution < -0.4 is 0 Å². The number of esters is 2. The van der Waals surface area contributed by atoms with E-state index in [1.807, 2.05) is 27.7 Å². The fourth-order valence-electron chi connectivity index (χ4n) is 4.30.